The standard InChI is InChI=1S/C21H31N3O3/c1-15(2)19(22)20(25)23-11-10-17(12-23)13-24(18-8-9-18)21(26)27-14-16-6-4-3-5-7-16/h3-7,15,17-19H,8-14,22H2,1-2H3/t17?,19-/m0/s1. The molecule has 27 heavy (non-hydrogen) atoms. The molecular weight excluding hydrogens is 342 g/mol. The Morgan fingerprint density at radius 3 is 2.56 bits per heavy atom. The lowest BCUT2D eigenvalue weighted by molar-refractivity contribution is -0.132. The van der Waals surface area contributed by atoms with Crippen LogP contribution in [-0.2, 0) is 16.1 Å². The number of likely N-dealkylation sites (tertiary alicyclic amines) is 1. The zero-order valence-electron chi connectivity index (χ0n) is 16.3. The summed E-state index contributed by atoms with van der Waals surface area (Å²) in [6, 6.07) is 9.57. The molecule has 2 amide bonds. The van der Waals surface area contributed by atoms with Gasteiger partial charge in [-0.3, -0.25) is 4.79 Å². The first-order valence-corrected chi connectivity index (χ1v) is 9.97. The third-order valence-corrected chi connectivity index (χ3v) is 5.48. The number of hydrogen-bond acceptors (Lipinski definition) is 4. The second kappa shape index (κ2) is 8.74. The average molecular weight is 373 g/mol. The van der Waals surface area contributed by atoms with Crippen molar-refractivity contribution in [2.24, 2.45) is 17.6 Å². The Hall–Kier alpha value is -2.08. The van der Waals surface area contributed by atoms with Crippen LogP contribution in [0.15, 0.2) is 30.3 Å². The van der Waals surface area contributed by atoms with Gasteiger partial charge in [-0.15, -0.1) is 0 Å². The van der Waals surface area contributed by atoms with Crippen molar-refractivity contribution in [3.8, 4) is 0 Å². The molecule has 1 saturated carbocycles. The van der Waals surface area contributed by atoms with Gasteiger partial charge in [0, 0.05) is 25.7 Å². The smallest absolute Gasteiger partial charge is 0.410 e. The van der Waals surface area contributed by atoms with Gasteiger partial charge in [0.15, 0.2) is 0 Å². The minimum atomic E-state index is -0.445. The number of carbonyl (C=O) groups excluding carboxylic acids is 2. The highest BCUT2D eigenvalue weighted by atomic mass is 16.6. The highest BCUT2D eigenvalue weighted by Crippen LogP contribution is 2.30. The van der Waals surface area contributed by atoms with Gasteiger partial charge in [-0.25, -0.2) is 4.79 Å². The lowest BCUT2D eigenvalue weighted by Crippen LogP contribution is -2.46. The molecule has 1 aromatic rings. The first-order valence-electron chi connectivity index (χ1n) is 9.97. The van der Waals surface area contributed by atoms with E-state index >= 15 is 0 Å². The second-order valence-corrected chi connectivity index (χ2v) is 8.13. The predicted molar refractivity (Wildman–Crippen MR) is 104 cm³/mol. The SMILES string of the molecule is CC(C)[C@H](N)C(=O)N1CCC(CN(C(=O)OCc2ccccc2)C2CC2)C1. The summed E-state index contributed by atoms with van der Waals surface area (Å²) in [5, 5.41) is 0. The number of nitrogens with zero attached hydrogens (tertiary/aromatic N) is 2. The molecule has 1 aromatic carbocycles. The summed E-state index contributed by atoms with van der Waals surface area (Å²) in [6.45, 7) is 6.28. The molecule has 0 radical (unpaired) electrons. The summed E-state index contributed by atoms with van der Waals surface area (Å²) in [6.07, 6.45) is 2.73. The summed E-state index contributed by atoms with van der Waals surface area (Å²) in [4.78, 5) is 28.8. The van der Waals surface area contributed by atoms with Crippen LogP contribution in [0.2, 0.25) is 0 Å². The van der Waals surface area contributed by atoms with E-state index < -0.39 is 6.04 Å². The maximum atomic E-state index is 12.6. The van der Waals surface area contributed by atoms with Gasteiger partial charge in [0.05, 0.1) is 6.04 Å². The number of rotatable bonds is 7. The monoisotopic (exact) mass is 373 g/mol. The van der Waals surface area contributed by atoms with E-state index in [1.165, 1.54) is 0 Å². The van der Waals surface area contributed by atoms with E-state index in [9.17, 15) is 9.59 Å². The summed E-state index contributed by atoms with van der Waals surface area (Å²) >= 11 is 0. The number of benzene rings is 1. The maximum absolute atomic E-state index is 12.6. The molecule has 0 aromatic heterocycles. The first kappa shape index (κ1) is 19.7. The fourth-order valence-corrected chi connectivity index (χ4v) is 3.52. The second-order valence-electron chi connectivity index (χ2n) is 8.13. The van der Waals surface area contributed by atoms with Gasteiger partial charge >= 0.3 is 6.09 Å². The van der Waals surface area contributed by atoms with Crippen LogP contribution in [0, 0.1) is 11.8 Å². The Morgan fingerprint density at radius 2 is 1.93 bits per heavy atom. The molecule has 1 aliphatic carbocycles. The highest BCUT2D eigenvalue weighted by molar-refractivity contribution is 5.82. The van der Waals surface area contributed by atoms with E-state index in [0.717, 1.165) is 31.4 Å². The van der Waals surface area contributed by atoms with E-state index in [0.29, 0.717) is 19.7 Å². The first-order chi connectivity index (χ1) is 13.0. The van der Waals surface area contributed by atoms with Crippen LogP contribution in [0.25, 0.3) is 0 Å². The molecule has 1 saturated heterocycles. The van der Waals surface area contributed by atoms with E-state index in [1.807, 2.05) is 54.0 Å². The van der Waals surface area contributed by atoms with Gasteiger partial charge < -0.3 is 20.3 Å². The Labute approximate surface area is 161 Å². The van der Waals surface area contributed by atoms with Gasteiger partial charge in [0.25, 0.3) is 0 Å². The number of carbonyl (C=O) groups is 2. The van der Waals surface area contributed by atoms with Gasteiger partial charge in [0.1, 0.15) is 6.61 Å². The third kappa shape index (κ3) is 5.22. The summed E-state index contributed by atoms with van der Waals surface area (Å²) in [5.74, 6) is 0.447. The largest absolute Gasteiger partial charge is 0.445 e. The van der Waals surface area contributed by atoms with Crippen molar-refractivity contribution < 1.29 is 14.3 Å². The van der Waals surface area contributed by atoms with Gasteiger partial charge in [-0.1, -0.05) is 44.2 Å². The Bertz CT molecular complexity index is 645. The number of hydrogen-bond donors (Lipinski definition) is 1. The molecule has 1 aliphatic heterocycles. The molecule has 1 heterocycles. The van der Waals surface area contributed by atoms with Crippen molar-refractivity contribution in [2.75, 3.05) is 19.6 Å². The van der Waals surface area contributed by atoms with E-state index in [2.05, 4.69) is 0 Å². The number of nitrogens with two attached hydrogens (primary N) is 1. The molecular formula is C21H31N3O3. The van der Waals surface area contributed by atoms with Gasteiger partial charge in [-0.2, -0.15) is 0 Å². The van der Waals surface area contributed by atoms with Crippen molar-refractivity contribution >= 4 is 12.0 Å². The molecule has 3 rings (SSSR count). The van der Waals surface area contributed by atoms with Crippen LogP contribution in [0.5, 0.6) is 0 Å². The van der Waals surface area contributed by atoms with Crippen molar-refractivity contribution in [1.29, 1.82) is 0 Å². The Kier molecular flexibility index (Phi) is 6.37. The van der Waals surface area contributed by atoms with Gasteiger partial charge in [0.2, 0.25) is 5.91 Å². The molecule has 0 bridgehead atoms. The summed E-state index contributed by atoms with van der Waals surface area (Å²) in [5.41, 5.74) is 7.00. The van der Waals surface area contributed by atoms with Crippen LogP contribution in [0.4, 0.5) is 4.79 Å². The van der Waals surface area contributed by atoms with E-state index in [4.69, 9.17) is 10.5 Å². The third-order valence-electron chi connectivity index (χ3n) is 5.48. The molecule has 2 atom stereocenters. The fourth-order valence-electron chi connectivity index (χ4n) is 3.52. The van der Waals surface area contributed by atoms with Crippen molar-refractivity contribution in [3.63, 3.8) is 0 Å². The Balaban J connectivity index is 1.51. The maximum Gasteiger partial charge on any atom is 0.410 e. The number of amides is 2. The van der Waals surface area contributed by atoms with Crippen LogP contribution < -0.4 is 5.73 Å². The molecule has 2 fully saturated rings. The lowest BCUT2D eigenvalue weighted by atomic mass is 10.0. The minimum absolute atomic E-state index is 0.0251. The van der Waals surface area contributed by atoms with Crippen LogP contribution >= 0.6 is 0 Å². The van der Waals surface area contributed by atoms with Crippen molar-refractivity contribution in [2.45, 2.75) is 51.8 Å². The van der Waals surface area contributed by atoms with Crippen LogP contribution in [-0.4, -0.2) is 53.5 Å². The zero-order chi connectivity index (χ0) is 19.4. The average Bonchev–Trinajstić information content (AvgIpc) is 3.41. The molecule has 2 N–H and O–H groups in total. The highest BCUT2D eigenvalue weighted by Gasteiger charge is 2.38. The molecule has 6 nitrogen and oxygen atoms in total. The molecule has 0 spiro atoms. The minimum Gasteiger partial charge on any atom is -0.445 e. The zero-order valence-corrected chi connectivity index (χ0v) is 16.3. The van der Waals surface area contributed by atoms with Crippen LogP contribution in [0.1, 0.15) is 38.7 Å². The topological polar surface area (TPSA) is 75.9 Å². The quantitative estimate of drug-likeness (QED) is 0.797. The Morgan fingerprint density at radius 1 is 1.22 bits per heavy atom. The van der Waals surface area contributed by atoms with E-state index in [1.54, 1.807) is 0 Å². The fraction of sp³-hybridized carbons (Fsp3) is 0.619. The molecule has 1 unspecified atom stereocenters. The molecule has 6 heteroatoms. The van der Waals surface area contributed by atoms with Gasteiger partial charge in [-0.05, 0) is 36.7 Å². The predicted octanol–water partition coefficient (Wildman–Crippen LogP) is 2.62. The normalized spacial score (nSPS) is 20.6. The summed E-state index contributed by atoms with van der Waals surface area (Å²) in [7, 11) is 0. The molecule has 2 aliphatic rings. The van der Waals surface area contributed by atoms with Crippen molar-refractivity contribution in [3.05, 3.63) is 35.9 Å². The van der Waals surface area contributed by atoms with Crippen molar-refractivity contribution in [1.82, 2.24) is 9.80 Å². The summed E-state index contributed by atoms with van der Waals surface area (Å²) < 4.78 is 5.53. The van der Waals surface area contributed by atoms with E-state index in [-0.39, 0.29) is 29.9 Å². The molecule has 148 valence electrons. The number of ether oxygens (including phenoxy) is 1. The lowest BCUT2D eigenvalue weighted by Gasteiger charge is -2.26. The van der Waals surface area contributed by atoms with Crippen LogP contribution in [0.3, 0.4) is 0 Å².